The first-order valence-corrected chi connectivity index (χ1v) is 7.41. The van der Waals surface area contributed by atoms with Crippen molar-refractivity contribution < 1.29 is 9.21 Å². The van der Waals surface area contributed by atoms with Crippen LogP contribution >= 0.6 is 0 Å². The number of likely N-dealkylation sites (tertiary alicyclic amines) is 1. The third-order valence-corrected chi connectivity index (χ3v) is 4.57. The van der Waals surface area contributed by atoms with Crippen molar-refractivity contribution in [2.24, 2.45) is 11.8 Å². The molecule has 1 amide bonds. The fourth-order valence-electron chi connectivity index (χ4n) is 3.56. The average molecular weight is 282 g/mol. The molecule has 2 aliphatic heterocycles. The molecule has 21 heavy (non-hydrogen) atoms. The van der Waals surface area contributed by atoms with Crippen LogP contribution in [-0.2, 0) is 11.3 Å². The Bertz CT molecular complexity index is 624. The molecule has 2 aliphatic rings. The van der Waals surface area contributed by atoms with Gasteiger partial charge in [0.05, 0.1) is 18.4 Å². The molecule has 108 valence electrons. The van der Waals surface area contributed by atoms with E-state index in [2.05, 4.69) is 4.90 Å². The Balaban J connectivity index is 1.45. The molecule has 4 nitrogen and oxygen atoms in total. The van der Waals surface area contributed by atoms with Crippen molar-refractivity contribution in [1.29, 1.82) is 0 Å². The summed E-state index contributed by atoms with van der Waals surface area (Å²) in [6.07, 6.45) is 3.49. The Kier molecular flexibility index (Phi) is 3.04. The van der Waals surface area contributed by atoms with Crippen LogP contribution in [0.2, 0.25) is 0 Å². The van der Waals surface area contributed by atoms with E-state index in [1.807, 2.05) is 41.3 Å². The zero-order valence-electron chi connectivity index (χ0n) is 11.8. The summed E-state index contributed by atoms with van der Waals surface area (Å²) < 4.78 is 5.11. The maximum Gasteiger partial charge on any atom is 0.231 e. The number of hydrogen-bond donors (Lipinski definition) is 0. The van der Waals surface area contributed by atoms with Gasteiger partial charge in [-0.2, -0.15) is 0 Å². The number of anilines is 1. The van der Waals surface area contributed by atoms with Gasteiger partial charge in [-0.25, -0.2) is 0 Å². The minimum absolute atomic E-state index is 0.150. The van der Waals surface area contributed by atoms with Gasteiger partial charge in [0.1, 0.15) is 0 Å². The summed E-state index contributed by atoms with van der Waals surface area (Å²) in [5.74, 6) is 0.877. The topological polar surface area (TPSA) is 36.7 Å². The zero-order valence-corrected chi connectivity index (χ0v) is 11.8. The highest BCUT2D eigenvalue weighted by Crippen LogP contribution is 2.35. The molecule has 2 aromatic rings. The highest BCUT2D eigenvalue weighted by Gasteiger charge is 2.46. The highest BCUT2D eigenvalue weighted by molar-refractivity contribution is 5.98. The third-order valence-electron chi connectivity index (χ3n) is 4.57. The third kappa shape index (κ3) is 2.25. The second-order valence-corrected chi connectivity index (χ2v) is 5.98. The van der Waals surface area contributed by atoms with Crippen LogP contribution in [0, 0.1) is 11.8 Å². The molecule has 0 spiro atoms. The summed E-state index contributed by atoms with van der Waals surface area (Å²) in [7, 11) is 0. The minimum atomic E-state index is 0.150. The molecule has 4 heteroatoms. The van der Waals surface area contributed by atoms with Crippen molar-refractivity contribution in [3.63, 3.8) is 0 Å². The molecule has 0 N–H and O–H groups in total. The van der Waals surface area contributed by atoms with Crippen LogP contribution in [0.15, 0.2) is 53.3 Å². The zero-order chi connectivity index (χ0) is 14.2. The number of fused-ring (bicyclic) bond motifs is 1. The van der Waals surface area contributed by atoms with Crippen LogP contribution in [0.3, 0.4) is 0 Å². The standard InChI is InChI=1S/C17H18N2O2/c20-17-16-11-18(8-13-6-7-21-12-13)9-14(16)10-19(17)15-4-2-1-3-5-15/h1-7,12,14,16H,8-11H2/t14-,16-/m0/s1. The Morgan fingerprint density at radius 1 is 1.10 bits per heavy atom. The lowest BCUT2D eigenvalue weighted by molar-refractivity contribution is -0.120. The van der Waals surface area contributed by atoms with Crippen molar-refractivity contribution in [3.8, 4) is 0 Å². The van der Waals surface area contributed by atoms with Crippen molar-refractivity contribution in [1.82, 2.24) is 4.90 Å². The van der Waals surface area contributed by atoms with E-state index in [9.17, 15) is 4.79 Å². The fourth-order valence-corrected chi connectivity index (χ4v) is 3.56. The highest BCUT2D eigenvalue weighted by atomic mass is 16.3. The largest absolute Gasteiger partial charge is 0.472 e. The normalized spacial score (nSPS) is 25.5. The van der Waals surface area contributed by atoms with Crippen LogP contribution in [0.5, 0.6) is 0 Å². The van der Waals surface area contributed by atoms with E-state index < -0.39 is 0 Å². The van der Waals surface area contributed by atoms with Crippen LogP contribution in [0.25, 0.3) is 0 Å². The number of nitrogens with zero attached hydrogens (tertiary/aromatic N) is 2. The molecule has 0 bridgehead atoms. The van der Waals surface area contributed by atoms with Crippen LogP contribution in [0.1, 0.15) is 5.56 Å². The van der Waals surface area contributed by atoms with Crippen molar-refractivity contribution >= 4 is 11.6 Å². The van der Waals surface area contributed by atoms with Gasteiger partial charge in [0.25, 0.3) is 0 Å². The van der Waals surface area contributed by atoms with E-state index in [-0.39, 0.29) is 11.8 Å². The SMILES string of the molecule is O=C1[C@H]2CN(Cc3ccoc3)C[C@H]2CN1c1ccccc1. The predicted octanol–water partition coefficient (Wildman–Crippen LogP) is 2.37. The van der Waals surface area contributed by atoms with Crippen molar-refractivity contribution in [2.75, 3.05) is 24.5 Å². The van der Waals surface area contributed by atoms with E-state index in [0.29, 0.717) is 5.92 Å². The van der Waals surface area contributed by atoms with Gasteiger partial charge in [-0.15, -0.1) is 0 Å². The van der Waals surface area contributed by atoms with Gasteiger partial charge < -0.3 is 9.32 Å². The summed E-state index contributed by atoms with van der Waals surface area (Å²) in [6, 6.07) is 12.0. The van der Waals surface area contributed by atoms with E-state index >= 15 is 0 Å². The first-order chi connectivity index (χ1) is 10.3. The van der Waals surface area contributed by atoms with Crippen LogP contribution < -0.4 is 4.90 Å². The molecule has 0 radical (unpaired) electrons. The quantitative estimate of drug-likeness (QED) is 0.867. The van der Waals surface area contributed by atoms with E-state index in [4.69, 9.17) is 4.42 Å². The summed E-state index contributed by atoms with van der Waals surface area (Å²) in [5, 5.41) is 0. The number of benzene rings is 1. The number of carbonyl (C=O) groups excluding carboxylic acids is 1. The number of hydrogen-bond acceptors (Lipinski definition) is 3. The average Bonchev–Trinajstić information content (AvgIpc) is 3.20. The molecule has 0 aliphatic carbocycles. The number of para-hydroxylation sites is 1. The van der Waals surface area contributed by atoms with Crippen molar-refractivity contribution in [2.45, 2.75) is 6.54 Å². The van der Waals surface area contributed by atoms with Gasteiger partial charge in [-0.05, 0) is 18.2 Å². The molecule has 0 saturated carbocycles. The van der Waals surface area contributed by atoms with Gasteiger partial charge in [-0.1, -0.05) is 18.2 Å². The monoisotopic (exact) mass is 282 g/mol. The first kappa shape index (κ1) is 12.7. The van der Waals surface area contributed by atoms with Gasteiger partial charge >= 0.3 is 0 Å². The molecule has 4 rings (SSSR count). The van der Waals surface area contributed by atoms with E-state index in [1.54, 1.807) is 12.5 Å². The lowest BCUT2D eigenvalue weighted by atomic mass is 10.0. The molecule has 3 heterocycles. The molecule has 2 fully saturated rings. The van der Waals surface area contributed by atoms with Crippen LogP contribution in [0.4, 0.5) is 5.69 Å². The predicted molar refractivity (Wildman–Crippen MR) is 79.8 cm³/mol. The molecule has 1 aromatic heterocycles. The van der Waals surface area contributed by atoms with E-state index in [1.165, 1.54) is 5.56 Å². The van der Waals surface area contributed by atoms with Crippen molar-refractivity contribution in [3.05, 3.63) is 54.5 Å². The molecule has 2 saturated heterocycles. The summed E-state index contributed by atoms with van der Waals surface area (Å²) in [6.45, 7) is 3.57. The molecular weight excluding hydrogens is 264 g/mol. The summed E-state index contributed by atoms with van der Waals surface area (Å²) in [4.78, 5) is 16.9. The number of amides is 1. The van der Waals surface area contributed by atoms with Gasteiger partial charge in [0.2, 0.25) is 5.91 Å². The molecule has 2 atom stereocenters. The Morgan fingerprint density at radius 3 is 2.67 bits per heavy atom. The number of carbonyl (C=O) groups is 1. The van der Waals surface area contributed by atoms with E-state index in [0.717, 1.165) is 31.9 Å². The molecule has 1 aromatic carbocycles. The smallest absolute Gasteiger partial charge is 0.231 e. The maximum absolute atomic E-state index is 12.6. The summed E-state index contributed by atoms with van der Waals surface area (Å²) >= 11 is 0. The maximum atomic E-state index is 12.6. The van der Waals surface area contributed by atoms with Crippen LogP contribution in [-0.4, -0.2) is 30.4 Å². The lowest BCUT2D eigenvalue weighted by Crippen LogP contribution is -2.32. The molecular formula is C17H18N2O2. The Morgan fingerprint density at radius 2 is 1.95 bits per heavy atom. The Hall–Kier alpha value is -2.07. The van der Waals surface area contributed by atoms with Gasteiger partial charge in [0, 0.05) is 43.3 Å². The molecule has 0 unspecified atom stereocenters. The van der Waals surface area contributed by atoms with Gasteiger partial charge in [-0.3, -0.25) is 9.69 Å². The Labute approximate surface area is 124 Å². The number of rotatable bonds is 3. The minimum Gasteiger partial charge on any atom is -0.472 e. The summed E-state index contributed by atoms with van der Waals surface area (Å²) in [5.41, 5.74) is 2.21. The number of furan rings is 1. The first-order valence-electron chi connectivity index (χ1n) is 7.41. The second-order valence-electron chi connectivity index (χ2n) is 5.98. The lowest BCUT2D eigenvalue weighted by Gasteiger charge is -2.21. The fraction of sp³-hybridized carbons (Fsp3) is 0.353. The van der Waals surface area contributed by atoms with Gasteiger partial charge in [0.15, 0.2) is 0 Å². The second kappa shape index (κ2) is 5.04.